The minimum atomic E-state index is 0.469. The molecule has 0 aromatic rings. The van der Waals surface area contributed by atoms with E-state index in [-0.39, 0.29) is 0 Å². The van der Waals surface area contributed by atoms with Crippen molar-refractivity contribution in [3.05, 3.63) is 10.7 Å². The molecule has 0 fully saturated rings. The lowest BCUT2D eigenvalue weighted by Crippen LogP contribution is -2.14. The highest BCUT2D eigenvalue weighted by Crippen LogP contribution is 2.24. The van der Waals surface area contributed by atoms with Crippen LogP contribution in [0.1, 0.15) is 58.3 Å². The van der Waals surface area contributed by atoms with Crippen molar-refractivity contribution >= 4 is 15.9 Å². The maximum Gasteiger partial charge on any atom is 0.158 e. The summed E-state index contributed by atoms with van der Waals surface area (Å²) in [7, 11) is 0. The second-order valence-corrected chi connectivity index (χ2v) is 4.81. The lowest BCUT2D eigenvalue weighted by atomic mass is 10.0. The molecule has 82 valence electrons. The molecule has 0 radical (unpaired) electrons. The molecule has 0 aliphatic carbocycles. The summed E-state index contributed by atoms with van der Waals surface area (Å²) in [6, 6.07) is 0. The first kappa shape index (κ1) is 12.1. The molecule has 14 heavy (non-hydrogen) atoms. The van der Waals surface area contributed by atoms with Crippen molar-refractivity contribution in [1.29, 1.82) is 0 Å². The van der Waals surface area contributed by atoms with Crippen LogP contribution in [0.5, 0.6) is 0 Å². The van der Waals surface area contributed by atoms with Crippen LogP contribution in [0.15, 0.2) is 10.7 Å². The Hall–Kier alpha value is 0.0200. The van der Waals surface area contributed by atoms with Gasteiger partial charge in [-0.3, -0.25) is 0 Å². The quantitative estimate of drug-likeness (QED) is 0.626. The summed E-state index contributed by atoms with van der Waals surface area (Å²) >= 11 is 3.40. The van der Waals surface area contributed by atoms with Gasteiger partial charge in [0, 0.05) is 0 Å². The molecule has 1 rings (SSSR count). The molecule has 0 aromatic carbocycles. The first-order valence-electron chi connectivity index (χ1n) is 5.85. The maximum atomic E-state index is 5.67. The molecule has 0 saturated carbocycles. The predicted octanol–water partition coefficient (Wildman–Crippen LogP) is 4.76. The van der Waals surface area contributed by atoms with E-state index in [0.717, 1.165) is 4.67 Å². The largest absolute Gasteiger partial charge is 0.484 e. The van der Waals surface area contributed by atoms with Gasteiger partial charge >= 0.3 is 0 Å². The monoisotopic (exact) mass is 260 g/mol. The van der Waals surface area contributed by atoms with Crippen LogP contribution >= 0.6 is 15.9 Å². The van der Waals surface area contributed by atoms with E-state index in [1.165, 1.54) is 51.4 Å². The summed E-state index contributed by atoms with van der Waals surface area (Å²) in [5.74, 6) is 0. The van der Waals surface area contributed by atoms with Gasteiger partial charge in [-0.2, -0.15) is 0 Å². The van der Waals surface area contributed by atoms with Gasteiger partial charge in [0.25, 0.3) is 0 Å². The fraction of sp³-hybridized carbons (Fsp3) is 0.833. The Morgan fingerprint density at radius 1 is 1.36 bits per heavy atom. The summed E-state index contributed by atoms with van der Waals surface area (Å²) in [6.45, 7) is 2.26. The molecular weight excluding hydrogens is 240 g/mol. The van der Waals surface area contributed by atoms with Crippen molar-refractivity contribution in [3.63, 3.8) is 0 Å². The molecule has 0 N–H and O–H groups in total. The zero-order valence-corrected chi connectivity index (χ0v) is 10.7. The number of hydrogen-bond acceptors (Lipinski definition) is 1. The van der Waals surface area contributed by atoms with Crippen molar-refractivity contribution < 1.29 is 4.74 Å². The Balaban J connectivity index is 1.99. The van der Waals surface area contributed by atoms with E-state index in [9.17, 15) is 0 Å². The van der Waals surface area contributed by atoms with Crippen molar-refractivity contribution in [2.24, 2.45) is 0 Å². The molecule has 0 spiro atoms. The molecule has 0 aromatic heterocycles. The van der Waals surface area contributed by atoms with E-state index in [0.29, 0.717) is 6.10 Å². The smallest absolute Gasteiger partial charge is 0.158 e. The lowest BCUT2D eigenvalue weighted by molar-refractivity contribution is 0.106. The van der Waals surface area contributed by atoms with Crippen LogP contribution in [-0.4, -0.2) is 6.10 Å². The predicted molar refractivity (Wildman–Crippen MR) is 64.5 cm³/mol. The summed E-state index contributed by atoms with van der Waals surface area (Å²) in [5, 5.41) is 0. The van der Waals surface area contributed by atoms with Gasteiger partial charge in [0.2, 0.25) is 0 Å². The second-order valence-electron chi connectivity index (χ2n) is 4.03. The average Bonchev–Trinajstić information content (AvgIpc) is 2.18. The highest BCUT2D eigenvalue weighted by molar-refractivity contribution is 9.11. The Morgan fingerprint density at radius 2 is 2.14 bits per heavy atom. The third-order valence-corrected chi connectivity index (χ3v) is 3.21. The van der Waals surface area contributed by atoms with E-state index in [2.05, 4.69) is 28.9 Å². The minimum Gasteiger partial charge on any atom is -0.484 e. The minimum absolute atomic E-state index is 0.469. The number of unbranched alkanes of at least 4 members (excludes halogenated alkanes) is 4. The van der Waals surface area contributed by atoms with Crippen LogP contribution in [0, 0.1) is 0 Å². The van der Waals surface area contributed by atoms with Crippen LogP contribution in [0.4, 0.5) is 0 Å². The summed E-state index contributed by atoms with van der Waals surface area (Å²) in [6.07, 6.45) is 13.0. The Labute approximate surface area is 96.0 Å². The van der Waals surface area contributed by atoms with Crippen LogP contribution in [-0.2, 0) is 4.74 Å². The highest BCUT2D eigenvalue weighted by atomic mass is 79.9. The molecule has 0 bridgehead atoms. The van der Waals surface area contributed by atoms with Crippen LogP contribution in [0.25, 0.3) is 0 Å². The van der Waals surface area contributed by atoms with Crippen molar-refractivity contribution in [2.75, 3.05) is 0 Å². The Kier molecular flexibility index (Phi) is 6.33. The third-order valence-electron chi connectivity index (χ3n) is 2.70. The van der Waals surface area contributed by atoms with Crippen LogP contribution < -0.4 is 0 Å². The lowest BCUT2D eigenvalue weighted by Gasteiger charge is -2.21. The van der Waals surface area contributed by atoms with Crippen molar-refractivity contribution in [3.8, 4) is 0 Å². The number of halogens is 1. The van der Waals surface area contributed by atoms with E-state index < -0.39 is 0 Å². The molecule has 2 heteroatoms. The highest BCUT2D eigenvalue weighted by Gasteiger charge is 2.13. The van der Waals surface area contributed by atoms with Crippen LogP contribution in [0.2, 0.25) is 0 Å². The van der Waals surface area contributed by atoms with Crippen LogP contribution in [0.3, 0.4) is 0 Å². The zero-order valence-electron chi connectivity index (χ0n) is 9.10. The first-order valence-corrected chi connectivity index (χ1v) is 6.64. The van der Waals surface area contributed by atoms with E-state index in [1.54, 1.807) is 0 Å². The fourth-order valence-corrected chi connectivity index (χ4v) is 2.32. The number of allylic oxidation sites excluding steroid dienone is 1. The molecule has 1 aliphatic heterocycles. The SMILES string of the molecule is CCCCCCCC1CCC=C(Br)O1. The maximum absolute atomic E-state index is 5.67. The summed E-state index contributed by atoms with van der Waals surface area (Å²) in [4.78, 5) is 0. The molecule has 0 saturated heterocycles. The van der Waals surface area contributed by atoms with Gasteiger partial charge in [-0.25, -0.2) is 0 Å². The molecule has 0 amide bonds. The van der Waals surface area contributed by atoms with Gasteiger partial charge in [0.05, 0.1) is 6.10 Å². The second kappa shape index (κ2) is 7.33. The molecule has 1 unspecified atom stereocenters. The van der Waals surface area contributed by atoms with Gasteiger partial charge < -0.3 is 4.74 Å². The van der Waals surface area contributed by atoms with Gasteiger partial charge in [-0.15, -0.1) is 0 Å². The van der Waals surface area contributed by atoms with E-state index in [4.69, 9.17) is 4.74 Å². The standard InChI is InChI=1S/C12H21BrO/c1-2-3-4-5-6-8-11-9-7-10-12(13)14-11/h10-11H,2-9H2,1H3. The Morgan fingerprint density at radius 3 is 2.86 bits per heavy atom. The molecular formula is C12H21BrO. The van der Waals surface area contributed by atoms with Gasteiger partial charge in [-0.1, -0.05) is 32.6 Å². The molecule has 1 aliphatic rings. The van der Waals surface area contributed by atoms with E-state index >= 15 is 0 Å². The third kappa shape index (κ3) is 5.04. The van der Waals surface area contributed by atoms with Gasteiger partial charge in [0.15, 0.2) is 4.67 Å². The average molecular weight is 261 g/mol. The number of rotatable bonds is 6. The molecule has 1 heterocycles. The van der Waals surface area contributed by atoms with E-state index in [1.807, 2.05) is 0 Å². The first-order chi connectivity index (χ1) is 6.83. The fourth-order valence-electron chi connectivity index (χ4n) is 1.83. The molecule has 1 nitrogen and oxygen atoms in total. The van der Waals surface area contributed by atoms with Crippen molar-refractivity contribution in [1.82, 2.24) is 0 Å². The normalized spacial score (nSPS) is 21.6. The van der Waals surface area contributed by atoms with Gasteiger partial charge in [-0.05, 0) is 47.7 Å². The summed E-state index contributed by atoms with van der Waals surface area (Å²) in [5.41, 5.74) is 0. The Bertz CT molecular complexity index is 177. The van der Waals surface area contributed by atoms with Gasteiger partial charge in [0.1, 0.15) is 0 Å². The zero-order chi connectivity index (χ0) is 10.2. The summed E-state index contributed by atoms with van der Waals surface area (Å²) < 4.78 is 6.62. The van der Waals surface area contributed by atoms with Crippen molar-refractivity contribution in [2.45, 2.75) is 64.4 Å². The topological polar surface area (TPSA) is 9.23 Å². The molecule has 1 atom stereocenters. The number of ether oxygens (including phenoxy) is 1. The number of hydrogen-bond donors (Lipinski definition) is 0.